The third-order valence-corrected chi connectivity index (χ3v) is 6.98. The predicted octanol–water partition coefficient (Wildman–Crippen LogP) is 5.06. The molecule has 1 aliphatic rings. The molecule has 1 saturated heterocycles. The summed E-state index contributed by atoms with van der Waals surface area (Å²) in [4.78, 5) is 35.0. The van der Waals surface area contributed by atoms with Crippen molar-refractivity contribution in [2.45, 2.75) is 26.7 Å². The van der Waals surface area contributed by atoms with E-state index in [1.807, 2.05) is 62.4 Å². The van der Waals surface area contributed by atoms with Gasteiger partial charge in [0.1, 0.15) is 0 Å². The smallest absolute Gasteiger partial charge is 0.259 e. The first kappa shape index (κ1) is 21.3. The molecule has 33 heavy (non-hydrogen) atoms. The molecule has 5 rings (SSSR count). The fourth-order valence-electron chi connectivity index (χ4n) is 4.27. The number of thiophene rings is 1. The number of piperidine rings is 1. The van der Waals surface area contributed by atoms with Gasteiger partial charge >= 0.3 is 0 Å². The summed E-state index contributed by atoms with van der Waals surface area (Å²) < 4.78 is 5.43. The van der Waals surface area contributed by atoms with Crippen molar-refractivity contribution in [2.24, 2.45) is 5.92 Å². The van der Waals surface area contributed by atoms with Crippen molar-refractivity contribution in [3.63, 3.8) is 0 Å². The van der Waals surface area contributed by atoms with Crippen LogP contribution in [0.3, 0.4) is 0 Å². The zero-order valence-electron chi connectivity index (χ0n) is 18.5. The van der Waals surface area contributed by atoms with Crippen LogP contribution in [0.25, 0.3) is 21.7 Å². The summed E-state index contributed by atoms with van der Waals surface area (Å²) in [6.45, 7) is 4.83. The van der Waals surface area contributed by atoms with Crippen molar-refractivity contribution in [3.05, 3.63) is 64.7 Å². The lowest BCUT2D eigenvalue weighted by Crippen LogP contribution is -2.43. The number of benzene rings is 1. The van der Waals surface area contributed by atoms with Crippen molar-refractivity contribution in [1.82, 2.24) is 15.0 Å². The third kappa shape index (κ3) is 4.26. The molecule has 1 atom stereocenters. The summed E-state index contributed by atoms with van der Waals surface area (Å²) in [6, 6.07) is 15.2. The van der Waals surface area contributed by atoms with Gasteiger partial charge in [-0.3, -0.25) is 9.59 Å². The van der Waals surface area contributed by atoms with Crippen LogP contribution in [0.4, 0.5) is 5.69 Å². The molecule has 168 valence electrons. The van der Waals surface area contributed by atoms with E-state index < -0.39 is 0 Å². The summed E-state index contributed by atoms with van der Waals surface area (Å²) in [5, 5.41) is 7.65. The number of rotatable bonds is 4. The van der Waals surface area contributed by atoms with Gasteiger partial charge in [-0.25, -0.2) is 4.98 Å². The molecule has 1 aromatic carbocycles. The molecule has 0 bridgehead atoms. The van der Waals surface area contributed by atoms with Crippen molar-refractivity contribution in [1.29, 1.82) is 0 Å². The molecule has 0 aliphatic carbocycles. The molecule has 1 unspecified atom stereocenters. The fourth-order valence-corrected chi connectivity index (χ4v) is 5.10. The van der Waals surface area contributed by atoms with E-state index in [4.69, 9.17) is 4.52 Å². The normalized spacial score (nSPS) is 16.2. The zero-order valence-corrected chi connectivity index (χ0v) is 19.3. The highest BCUT2D eigenvalue weighted by atomic mass is 32.1. The van der Waals surface area contributed by atoms with Gasteiger partial charge in [-0.05, 0) is 57.0 Å². The van der Waals surface area contributed by atoms with E-state index >= 15 is 0 Å². The number of hydrogen-bond acceptors (Lipinski definition) is 6. The van der Waals surface area contributed by atoms with Crippen LogP contribution in [0.5, 0.6) is 0 Å². The fraction of sp³-hybridized carbons (Fsp3) is 0.280. The maximum Gasteiger partial charge on any atom is 0.259 e. The number of likely N-dealkylation sites (tertiary alicyclic amines) is 1. The Morgan fingerprint density at radius 2 is 1.97 bits per heavy atom. The maximum atomic E-state index is 13.7. The first-order chi connectivity index (χ1) is 16.0. The molecule has 0 saturated carbocycles. The van der Waals surface area contributed by atoms with E-state index in [9.17, 15) is 9.59 Å². The van der Waals surface area contributed by atoms with Crippen LogP contribution >= 0.6 is 11.3 Å². The Morgan fingerprint density at radius 3 is 2.73 bits per heavy atom. The van der Waals surface area contributed by atoms with Crippen molar-refractivity contribution in [2.75, 3.05) is 18.4 Å². The number of amides is 2. The standard InChI is InChI=1S/C25H24N4O3S/c1-15-10-11-21(33-15)20-13-19(22-16(2)28-32-24(22)27-20)25(31)29-12-6-7-17(14-29)23(30)26-18-8-4-3-5-9-18/h3-5,8-11,13,17H,6-7,12,14H2,1-2H3,(H,26,30). The van der Waals surface area contributed by atoms with Gasteiger partial charge in [0.05, 0.1) is 33.1 Å². The molecule has 0 spiro atoms. The number of anilines is 1. The molecular formula is C25H24N4O3S. The van der Waals surface area contributed by atoms with Crippen LogP contribution in [0, 0.1) is 19.8 Å². The summed E-state index contributed by atoms with van der Waals surface area (Å²) in [7, 11) is 0. The van der Waals surface area contributed by atoms with Crippen molar-refractivity contribution < 1.29 is 14.1 Å². The summed E-state index contributed by atoms with van der Waals surface area (Å²) >= 11 is 1.61. The average molecular weight is 461 g/mol. The molecule has 7 nitrogen and oxygen atoms in total. The molecule has 8 heteroatoms. The van der Waals surface area contributed by atoms with E-state index in [0.717, 1.165) is 28.3 Å². The van der Waals surface area contributed by atoms with Gasteiger partial charge in [0.25, 0.3) is 11.6 Å². The van der Waals surface area contributed by atoms with Gasteiger partial charge in [0.2, 0.25) is 5.91 Å². The Balaban J connectivity index is 1.43. The first-order valence-corrected chi connectivity index (χ1v) is 11.8. The minimum atomic E-state index is -0.261. The Kier molecular flexibility index (Phi) is 5.68. The Morgan fingerprint density at radius 1 is 1.15 bits per heavy atom. The molecule has 3 aromatic heterocycles. The molecule has 4 aromatic rings. The number of carbonyl (C=O) groups excluding carboxylic acids is 2. The quantitative estimate of drug-likeness (QED) is 0.460. The van der Waals surface area contributed by atoms with Gasteiger partial charge in [-0.1, -0.05) is 23.4 Å². The monoisotopic (exact) mass is 460 g/mol. The van der Waals surface area contributed by atoms with Gasteiger partial charge in [0, 0.05) is 23.7 Å². The SMILES string of the molecule is Cc1ccc(-c2cc(C(=O)N3CCCC(C(=O)Nc4ccccc4)C3)c3c(C)noc3n2)s1. The van der Waals surface area contributed by atoms with Crippen LogP contribution in [0.2, 0.25) is 0 Å². The van der Waals surface area contributed by atoms with Gasteiger partial charge in [0.15, 0.2) is 0 Å². The molecule has 4 heterocycles. The topological polar surface area (TPSA) is 88.3 Å². The summed E-state index contributed by atoms with van der Waals surface area (Å²) in [6.07, 6.45) is 1.52. The van der Waals surface area contributed by atoms with E-state index in [-0.39, 0.29) is 17.7 Å². The van der Waals surface area contributed by atoms with Gasteiger partial charge in [-0.15, -0.1) is 11.3 Å². The molecule has 1 fully saturated rings. The summed E-state index contributed by atoms with van der Waals surface area (Å²) in [5.74, 6) is -0.446. The van der Waals surface area contributed by atoms with Crippen LogP contribution < -0.4 is 5.32 Å². The van der Waals surface area contributed by atoms with E-state index in [1.165, 1.54) is 0 Å². The molecule has 1 N–H and O–H groups in total. The number of para-hydroxylation sites is 1. The van der Waals surface area contributed by atoms with Crippen molar-refractivity contribution >= 4 is 39.9 Å². The Bertz CT molecular complexity index is 1330. The average Bonchev–Trinajstić information content (AvgIpc) is 3.44. The second kappa shape index (κ2) is 8.78. The largest absolute Gasteiger partial charge is 0.338 e. The first-order valence-electron chi connectivity index (χ1n) is 11.0. The number of nitrogens with zero attached hydrogens (tertiary/aromatic N) is 3. The molecular weight excluding hydrogens is 436 g/mol. The maximum absolute atomic E-state index is 13.7. The molecule has 2 amide bonds. The lowest BCUT2D eigenvalue weighted by Gasteiger charge is -2.32. The molecule has 0 radical (unpaired) electrons. The van der Waals surface area contributed by atoms with E-state index in [0.29, 0.717) is 41.1 Å². The number of hydrogen-bond donors (Lipinski definition) is 1. The number of nitrogens with one attached hydrogen (secondary N) is 1. The van der Waals surface area contributed by atoms with Crippen LogP contribution in [-0.2, 0) is 4.79 Å². The van der Waals surface area contributed by atoms with Crippen LogP contribution in [0.15, 0.2) is 53.1 Å². The second-order valence-electron chi connectivity index (χ2n) is 8.36. The van der Waals surface area contributed by atoms with E-state index in [2.05, 4.69) is 15.5 Å². The number of aryl methyl sites for hydroxylation is 2. The second-order valence-corrected chi connectivity index (χ2v) is 9.65. The zero-order chi connectivity index (χ0) is 22.9. The highest BCUT2D eigenvalue weighted by Gasteiger charge is 2.31. The number of pyridine rings is 1. The number of aromatic nitrogens is 2. The van der Waals surface area contributed by atoms with Crippen LogP contribution in [0.1, 0.15) is 33.8 Å². The van der Waals surface area contributed by atoms with Gasteiger partial charge < -0.3 is 14.7 Å². The number of carbonyl (C=O) groups is 2. The van der Waals surface area contributed by atoms with Crippen molar-refractivity contribution in [3.8, 4) is 10.6 Å². The number of fused-ring (bicyclic) bond motifs is 1. The lowest BCUT2D eigenvalue weighted by atomic mass is 9.96. The lowest BCUT2D eigenvalue weighted by molar-refractivity contribution is -0.121. The minimum Gasteiger partial charge on any atom is -0.338 e. The van der Waals surface area contributed by atoms with Crippen LogP contribution in [-0.4, -0.2) is 39.9 Å². The Labute approximate surface area is 195 Å². The predicted molar refractivity (Wildman–Crippen MR) is 128 cm³/mol. The van der Waals surface area contributed by atoms with E-state index in [1.54, 1.807) is 16.2 Å². The summed E-state index contributed by atoms with van der Waals surface area (Å²) in [5.41, 5.74) is 2.96. The Hall–Kier alpha value is -3.52. The third-order valence-electron chi connectivity index (χ3n) is 5.96. The minimum absolute atomic E-state index is 0.0607. The highest BCUT2D eigenvalue weighted by Crippen LogP contribution is 2.32. The highest BCUT2D eigenvalue weighted by molar-refractivity contribution is 7.15. The van der Waals surface area contributed by atoms with Gasteiger partial charge in [-0.2, -0.15) is 0 Å². The molecule has 1 aliphatic heterocycles.